The highest BCUT2D eigenvalue weighted by Crippen LogP contribution is 2.25. The van der Waals surface area contributed by atoms with Crippen LogP contribution in [0.1, 0.15) is 16.7 Å². The van der Waals surface area contributed by atoms with Crippen LogP contribution in [0.2, 0.25) is 0 Å². The number of aryl methyl sites for hydroxylation is 1. The van der Waals surface area contributed by atoms with E-state index in [4.69, 9.17) is 11.1 Å². The Labute approximate surface area is 179 Å². The molecule has 2 amide bonds. The van der Waals surface area contributed by atoms with Gasteiger partial charge in [0.15, 0.2) is 0 Å². The number of urea groups is 1. The molecule has 0 heterocycles. The fourth-order valence-electron chi connectivity index (χ4n) is 3.03. The molecule has 154 valence electrons. The average molecular weight is 412 g/mol. The van der Waals surface area contributed by atoms with E-state index >= 15 is 0 Å². The SMILES string of the molecule is Cc1ccc(NC(=O)N(Cc2ccccc2N=[N+]=[N-])Cc2ccccc2N=[N+]=[N-])cc1. The van der Waals surface area contributed by atoms with Gasteiger partial charge in [-0.25, -0.2) is 4.79 Å². The van der Waals surface area contributed by atoms with Crippen LogP contribution in [0.15, 0.2) is 83.0 Å². The molecular formula is C22H20N8O. The first-order valence-electron chi connectivity index (χ1n) is 9.49. The molecule has 0 atom stereocenters. The van der Waals surface area contributed by atoms with Crippen LogP contribution in [-0.2, 0) is 13.1 Å². The number of amides is 2. The van der Waals surface area contributed by atoms with Gasteiger partial charge in [0.2, 0.25) is 0 Å². The molecule has 0 aliphatic rings. The minimum atomic E-state index is -0.338. The van der Waals surface area contributed by atoms with Gasteiger partial charge < -0.3 is 10.2 Å². The maximum atomic E-state index is 13.2. The molecule has 31 heavy (non-hydrogen) atoms. The lowest BCUT2D eigenvalue weighted by molar-refractivity contribution is 0.206. The Morgan fingerprint density at radius 2 is 1.32 bits per heavy atom. The third-order valence-electron chi connectivity index (χ3n) is 4.60. The average Bonchev–Trinajstić information content (AvgIpc) is 2.77. The second-order valence-electron chi connectivity index (χ2n) is 6.79. The number of nitrogens with zero attached hydrogens (tertiary/aromatic N) is 7. The van der Waals surface area contributed by atoms with Gasteiger partial charge in [-0.1, -0.05) is 76.5 Å². The summed E-state index contributed by atoms with van der Waals surface area (Å²) in [5, 5.41) is 10.3. The Balaban J connectivity index is 1.93. The van der Waals surface area contributed by atoms with Crippen LogP contribution in [0.4, 0.5) is 21.9 Å². The van der Waals surface area contributed by atoms with E-state index in [0.717, 1.165) is 5.56 Å². The largest absolute Gasteiger partial charge is 0.322 e. The van der Waals surface area contributed by atoms with Crippen molar-refractivity contribution in [3.8, 4) is 0 Å². The lowest BCUT2D eigenvalue weighted by Gasteiger charge is -2.25. The summed E-state index contributed by atoms with van der Waals surface area (Å²) in [6.45, 7) is 2.35. The summed E-state index contributed by atoms with van der Waals surface area (Å²) in [4.78, 5) is 20.5. The standard InChI is InChI=1S/C22H20N8O/c1-16-10-12-19(13-11-16)25-22(31)30(14-17-6-2-4-8-20(17)26-28-23)15-18-7-3-5-9-21(18)27-29-24/h2-13H,14-15H2,1H3,(H,25,31). The van der Waals surface area contributed by atoms with E-state index in [1.165, 1.54) is 0 Å². The molecule has 0 unspecified atom stereocenters. The van der Waals surface area contributed by atoms with E-state index in [9.17, 15) is 4.79 Å². The van der Waals surface area contributed by atoms with Crippen LogP contribution >= 0.6 is 0 Å². The van der Waals surface area contributed by atoms with Crippen LogP contribution in [0.5, 0.6) is 0 Å². The number of anilines is 1. The zero-order chi connectivity index (χ0) is 22.1. The predicted octanol–water partition coefficient (Wildman–Crippen LogP) is 7.11. The minimum absolute atomic E-state index is 0.192. The molecule has 0 aliphatic heterocycles. The number of azide groups is 2. The van der Waals surface area contributed by atoms with Crippen LogP contribution < -0.4 is 5.32 Å². The van der Waals surface area contributed by atoms with Crippen molar-refractivity contribution in [1.29, 1.82) is 0 Å². The van der Waals surface area contributed by atoms with Crippen LogP contribution in [-0.4, -0.2) is 10.9 Å². The van der Waals surface area contributed by atoms with E-state index in [0.29, 0.717) is 28.2 Å². The van der Waals surface area contributed by atoms with Crippen molar-refractivity contribution in [3.63, 3.8) is 0 Å². The summed E-state index contributed by atoms with van der Waals surface area (Å²) >= 11 is 0. The topological polar surface area (TPSA) is 130 Å². The normalized spacial score (nSPS) is 9.84. The maximum Gasteiger partial charge on any atom is 0.322 e. The second kappa shape index (κ2) is 10.4. The first-order chi connectivity index (χ1) is 15.1. The Hall–Kier alpha value is -4.45. The van der Waals surface area contributed by atoms with Crippen molar-refractivity contribution >= 4 is 23.1 Å². The summed E-state index contributed by atoms with van der Waals surface area (Å²) < 4.78 is 0. The van der Waals surface area contributed by atoms with E-state index in [2.05, 4.69) is 25.4 Å². The Kier molecular flexibility index (Phi) is 7.11. The number of carbonyl (C=O) groups excluding carboxylic acids is 1. The van der Waals surface area contributed by atoms with Gasteiger partial charge in [0, 0.05) is 40.0 Å². The van der Waals surface area contributed by atoms with E-state index in [1.54, 1.807) is 41.3 Å². The van der Waals surface area contributed by atoms with Gasteiger partial charge in [0.25, 0.3) is 0 Å². The van der Waals surface area contributed by atoms with Gasteiger partial charge in [-0.3, -0.25) is 0 Å². The number of nitrogens with one attached hydrogen (secondary N) is 1. The number of hydrogen-bond donors (Lipinski definition) is 1. The summed E-state index contributed by atoms with van der Waals surface area (Å²) in [6, 6.07) is 21.3. The third-order valence-corrected chi connectivity index (χ3v) is 4.60. The molecule has 9 nitrogen and oxygen atoms in total. The van der Waals surface area contributed by atoms with E-state index < -0.39 is 0 Å². The first-order valence-corrected chi connectivity index (χ1v) is 9.49. The quantitative estimate of drug-likeness (QED) is 0.247. The van der Waals surface area contributed by atoms with Crippen molar-refractivity contribution in [3.05, 3.63) is 110 Å². The van der Waals surface area contributed by atoms with Gasteiger partial charge in [-0.05, 0) is 41.2 Å². The molecular weight excluding hydrogens is 392 g/mol. The molecule has 3 aromatic rings. The van der Waals surface area contributed by atoms with Crippen LogP contribution in [0.3, 0.4) is 0 Å². The van der Waals surface area contributed by atoms with Gasteiger partial charge in [0.1, 0.15) is 0 Å². The highest BCUT2D eigenvalue weighted by atomic mass is 16.2. The van der Waals surface area contributed by atoms with Crippen LogP contribution in [0, 0.1) is 6.92 Å². The van der Waals surface area contributed by atoms with Crippen molar-refractivity contribution in [1.82, 2.24) is 4.90 Å². The third kappa shape index (κ3) is 5.77. The van der Waals surface area contributed by atoms with Crippen molar-refractivity contribution in [2.24, 2.45) is 10.2 Å². The molecule has 0 fully saturated rings. The smallest absolute Gasteiger partial charge is 0.316 e. The van der Waals surface area contributed by atoms with Gasteiger partial charge in [-0.15, -0.1) is 0 Å². The van der Waals surface area contributed by atoms with Crippen LogP contribution in [0.25, 0.3) is 20.9 Å². The first kappa shape index (κ1) is 21.3. The molecule has 0 radical (unpaired) electrons. The molecule has 3 rings (SSSR count). The highest BCUT2D eigenvalue weighted by molar-refractivity contribution is 5.89. The molecule has 3 aromatic carbocycles. The number of hydrogen-bond acceptors (Lipinski definition) is 3. The summed E-state index contributed by atoms with van der Waals surface area (Å²) in [6.07, 6.45) is 0. The number of rotatable bonds is 7. The molecule has 0 saturated heterocycles. The van der Waals surface area contributed by atoms with Gasteiger partial charge >= 0.3 is 6.03 Å². The zero-order valence-electron chi connectivity index (χ0n) is 16.9. The second-order valence-corrected chi connectivity index (χ2v) is 6.79. The fraction of sp³-hybridized carbons (Fsp3) is 0.136. The predicted molar refractivity (Wildman–Crippen MR) is 120 cm³/mol. The molecule has 0 aromatic heterocycles. The summed E-state index contributed by atoms with van der Waals surface area (Å²) in [5.41, 5.74) is 21.7. The molecule has 0 aliphatic carbocycles. The monoisotopic (exact) mass is 412 g/mol. The Morgan fingerprint density at radius 1 is 0.839 bits per heavy atom. The molecule has 0 spiro atoms. The summed E-state index contributed by atoms with van der Waals surface area (Å²) in [7, 11) is 0. The van der Waals surface area contributed by atoms with Crippen molar-refractivity contribution in [2.45, 2.75) is 20.0 Å². The van der Waals surface area contributed by atoms with Crippen molar-refractivity contribution < 1.29 is 4.79 Å². The summed E-state index contributed by atoms with van der Waals surface area (Å²) in [5.74, 6) is 0. The molecule has 9 heteroatoms. The number of carbonyl (C=O) groups is 1. The van der Waals surface area contributed by atoms with Gasteiger partial charge in [0.05, 0.1) is 0 Å². The lowest BCUT2D eigenvalue weighted by atomic mass is 10.1. The highest BCUT2D eigenvalue weighted by Gasteiger charge is 2.17. The Morgan fingerprint density at radius 3 is 1.81 bits per heavy atom. The molecule has 1 N–H and O–H groups in total. The maximum absolute atomic E-state index is 13.2. The van der Waals surface area contributed by atoms with E-state index in [1.807, 2.05) is 43.3 Å². The zero-order valence-corrected chi connectivity index (χ0v) is 16.9. The fourth-order valence-corrected chi connectivity index (χ4v) is 3.03. The molecule has 0 saturated carbocycles. The van der Waals surface area contributed by atoms with Gasteiger partial charge in [-0.2, -0.15) is 0 Å². The lowest BCUT2D eigenvalue weighted by Crippen LogP contribution is -2.34. The van der Waals surface area contributed by atoms with Crippen molar-refractivity contribution in [2.75, 3.05) is 5.32 Å². The Bertz CT molecular complexity index is 1100. The molecule has 0 bridgehead atoms. The van der Waals surface area contributed by atoms with E-state index in [-0.39, 0.29) is 19.1 Å². The minimum Gasteiger partial charge on any atom is -0.316 e. The number of benzene rings is 3.